The largest absolute Gasteiger partial charge is 0.508 e. The van der Waals surface area contributed by atoms with Gasteiger partial charge in [-0.1, -0.05) is 12.1 Å². The summed E-state index contributed by atoms with van der Waals surface area (Å²) in [5, 5.41) is 20.8. The van der Waals surface area contributed by atoms with Gasteiger partial charge in [0.2, 0.25) is 5.95 Å². The maximum atomic E-state index is 13.6. The van der Waals surface area contributed by atoms with Gasteiger partial charge in [0.1, 0.15) is 23.3 Å². The number of amides is 1. The molecule has 0 spiro atoms. The number of rotatable bonds is 6. The number of fused-ring (bicyclic) bond motifs is 1. The molecule has 3 heterocycles. The number of carbonyl (C=O) groups is 1. The van der Waals surface area contributed by atoms with E-state index in [0.29, 0.717) is 51.4 Å². The zero-order chi connectivity index (χ0) is 25.2. The third kappa shape index (κ3) is 4.20. The Kier molecular flexibility index (Phi) is 5.99. The van der Waals surface area contributed by atoms with Gasteiger partial charge in [-0.3, -0.25) is 9.78 Å². The molecule has 1 aliphatic heterocycles. The van der Waals surface area contributed by atoms with Crippen molar-refractivity contribution in [2.45, 2.75) is 13.0 Å². The fraction of sp³-hybridized carbons (Fsp3) is 0.154. The number of pyridine rings is 1. The molecule has 2 aromatic carbocycles. The normalized spacial score (nSPS) is 14.6. The molecule has 1 amide bonds. The third-order valence-corrected chi connectivity index (χ3v) is 5.85. The van der Waals surface area contributed by atoms with Gasteiger partial charge in [0, 0.05) is 23.0 Å². The van der Waals surface area contributed by atoms with Crippen LogP contribution in [0.3, 0.4) is 0 Å². The standard InChI is InChI=1S/C26H24N6O4/c1-15-22(25(34)29-17-7-5-11-27-14-17)23(20-13-19(35-2)9-10-21(20)36-3)32-26(28-15)30-24(31-32)16-6-4-8-18(33)12-16/h4-14,23,33H,1-3H3,(H,29,34)(H,28,30,31). The number of anilines is 2. The Labute approximate surface area is 207 Å². The molecule has 2 aromatic heterocycles. The second-order valence-corrected chi connectivity index (χ2v) is 8.12. The van der Waals surface area contributed by atoms with E-state index in [1.807, 2.05) is 13.0 Å². The summed E-state index contributed by atoms with van der Waals surface area (Å²) in [6, 6.07) is 14.9. The highest BCUT2D eigenvalue weighted by atomic mass is 16.5. The van der Waals surface area contributed by atoms with E-state index in [1.165, 1.54) is 0 Å². The summed E-state index contributed by atoms with van der Waals surface area (Å²) in [5.41, 5.74) is 2.89. The smallest absolute Gasteiger partial charge is 0.255 e. The van der Waals surface area contributed by atoms with Crippen LogP contribution < -0.4 is 20.1 Å². The number of aromatic hydroxyl groups is 1. The van der Waals surface area contributed by atoms with Gasteiger partial charge in [0.15, 0.2) is 5.82 Å². The van der Waals surface area contributed by atoms with Crippen LogP contribution in [0.5, 0.6) is 17.2 Å². The summed E-state index contributed by atoms with van der Waals surface area (Å²) >= 11 is 0. The number of nitrogens with zero attached hydrogens (tertiary/aromatic N) is 4. The fourth-order valence-corrected chi connectivity index (χ4v) is 4.19. The molecule has 1 aliphatic rings. The number of allylic oxidation sites excluding steroid dienone is 1. The summed E-state index contributed by atoms with van der Waals surface area (Å²) in [6.45, 7) is 1.81. The third-order valence-electron chi connectivity index (χ3n) is 5.85. The van der Waals surface area contributed by atoms with Crippen molar-refractivity contribution in [1.82, 2.24) is 19.7 Å². The molecule has 10 nitrogen and oxygen atoms in total. The molecule has 10 heteroatoms. The lowest BCUT2D eigenvalue weighted by Crippen LogP contribution is -2.31. The molecule has 0 radical (unpaired) electrons. The second-order valence-electron chi connectivity index (χ2n) is 8.12. The Balaban J connectivity index is 1.67. The highest BCUT2D eigenvalue weighted by Gasteiger charge is 2.36. The number of benzene rings is 2. The molecule has 36 heavy (non-hydrogen) atoms. The number of phenolic OH excluding ortho intramolecular Hbond substituents is 1. The van der Waals surface area contributed by atoms with Crippen molar-refractivity contribution >= 4 is 17.5 Å². The summed E-state index contributed by atoms with van der Waals surface area (Å²) in [6.07, 6.45) is 3.21. The van der Waals surface area contributed by atoms with Crippen LogP contribution in [-0.4, -0.2) is 45.0 Å². The van der Waals surface area contributed by atoms with Gasteiger partial charge in [-0.05, 0) is 49.4 Å². The Hall–Kier alpha value is -4.86. The van der Waals surface area contributed by atoms with E-state index >= 15 is 0 Å². The summed E-state index contributed by atoms with van der Waals surface area (Å²) < 4.78 is 12.8. The van der Waals surface area contributed by atoms with Crippen LogP contribution in [0.1, 0.15) is 18.5 Å². The van der Waals surface area contributed by atoms with Crippen LogP contribution in [0, 0.1) is 0 Å². The van der Waals surface area contributed by atoms with Gasteiger partial charge in [-0.25, -0.2) is 4.68 Å². The number of nitrogens with one attached hydrogen (secondary N) is 2. The quantitative estimate of drug-likeness (QED) is 0.375. The van der Waals surface area contributed by atoms with Crippen molar-refractivity contribution in [2.24, 2.45) is 0 Å². The van der Waals surface area contributed by atoms with E-state index in [9.17, 15) is 9.90 Å². The van der Waals surface area contributed by atoms with Crippen molar-refractivity contribution in [3.8, 4) is 28.6 Å². The number of methoxy groups -OCH3 is 2. The van der Waals surface area contributed by atoms with Crippen LogP contribution in [0.15, 0.2) is 78.3 Å². The van der Waals surface area contributed by atoms with E-state index in [0.717, 1.165) is 0 Å². The summed E-state index contributed by atoms with van der Waals surface area (Å²) in [7, 11) is 3.14. The first-order valence-corrected chi connectivity index (χ1v) is 11.2. The first-order chi connectivity index (χ1) is 17.5. The van der Waals surface area contributed by atoms with Gasteiger partial charge in [-0.15, -0.1) is 5.10 Å². The van der Waals surface area contributed by atoms with Crippen molar-refractivity contribution in [3.05, 3.63) is 83.8 Å². The maximum Gasteiger partial charge on any atom is 0.255 e. The molecule has 0 aliphatic carbocycles. The van der Waals surface area contributed by atoms with Crippen LogP contribution >= 0.6 is 0 Å². The predicted molar refractivity (Wildman–Crippen MR) is 134 cm³/mol. The van der Waals surface area contributed by atoms with Gasteiger partial charge in [0.05, 0.1) is 31.7 Å². The Morgan fingerprint density at radius 1 is 1.11 bits per heavy atom. The number of aromatic nitrogens is 4. The predicted octanol–water partition coefficient (Wildman–Crippen LogP) is 3.99. The number of hydrogen-bond acceptors (Lipinski definition) is 8. The molecule has 1 unspecified atom stereocenters. The van der Waals surface area contributed by atoms with Crippen molar-refractivity contribution < 1.29 is 19.4 Å². The van der Waals surface area contributed by atoms with Gasteiger partial charge < -0.3 is 25.2 Å². The fourth-order valence-electron chi connectivity index (χ4n) is 4.19. The van der Waals surface area contributed by atoms with Crippen LogP contribution in [0.4, 0.5) is 11.6 Å². The minimum Gasteiger partial charge on any atom is -0.508 e. The van der Waals surface area contributed by atoms with Gasteiger partial charge in [-0.2, -0.15) is 4.98 Å². The maximum absolute atomic E-state index is 13.6. The molecule has 4 aromatic rings. The molecule has 1 atom stereocenters. The zero-order valence-electron chi connectivity index (χ0n) is 19.9. The number of hydrogen-bond donors (Lipinski definition) is 3. The van der Waals surface area contributed by atoms with Crippen molar-refractivity contribution in [1.29, 1.82) is 0 Å². The molecule has 182 valence electrons. The molecule has 0 saturated carbocycles. The molecular formula is C26H24N6O4. The molecule has 5 rings (SSSR count). The second kappa shape index (κ2) is 9.41. The number of phenols is 1. The van der Waals surface area contributed by atoms with E-state index in [2.05, 4.69) is 20.6 Å². The molecule has 0 fully saturated rings. The first-order valence-electron chi connectivity index (χ1n) is 11.2. The first kappa shape index (κ1) is 22.9. The molecule has 0 bridgehead atoms. The SMILES string of the molecule is COc1ccc(OC)c(C2C(C(=O)Nc3cccnc3)=C(C)Nc3nc(-c4cccc(O)c4)nn32)c1. The van der Waals surface area contributed by atoms with Crippen LogP contribution in [0.25, 0.3) is 11.4 Å². The molecular weight excluding hydrogens is 460 g/mol. The Morgan fingerprint density at radius 3 is 2.69 bits per heavy atom. The minimum absolute atomic E-state index is 0.102. The Bertz CT molecular complexity index is 1460. The van der Waals surface area contributed by atoms with E-state index in [1.54, 1.807) is 79.8 Å². The number of ether oxygens (including phenoxy) is 2. The van der Waals surface area contributed by atoms with E-state index in [-0.39, 0.29) is 11.7 Å². The zero-order valence-corrected chi connectivity index (χ0v) is 19.9. The monoisotopic (exact) mass is 484 g/mol. The Morgan fingerprint density at radius 2 is 1.97 bits per heavy atom. The summed E-state index contributed by atoms with van der Waals surface area (Å²) in [4.78, 5) is 22.4. The van der Waals surface area contributed by atoms with E-state index < -0.39 is 6.04 Å². The highest BCUT2D eigenvalue weighted by Crippen LogP contribution is 2.41. The van der Waals surface area contributed by atoms with E-state index in [4.69, 9.17) is 14.6 Å². The molecule has 3 N–H and O–H groups in total. The van der Waals surface area contributed by atoms with Gasteiger partial charge >= 0.3 is 0 Å². The average Bonchev–Trinajstić information content (AvgIpc) is 3.31. The molecule has 0 saturated heterocycles. The summed E-state index contributed by atoms with van der Waals surface area (Å²) in [5.74, 6) is 1.76. The lowest BCUT2D eigenvalue weighted by Gasteiger charge is -2.29. The average molecular weight is 485 g/mol. The highest BCUT2D eigenvalue weighted by molar-refractivity contribution is 6.06. The lowest BCUT2D eigenvalue weighted by atomic mass is 9.94. The minimum atomic E-state index is -0.693. The van der Waals surface area contributed by atoms with Gasteiger partial charge in [0.25, 0.3) is 5.91 Å². The van der Waals surface area contributed by atoms with Crippen LogP contribution in [0.2, 0.25) is 0 Å². The number of carbonyl (C=O) groups excluding carboxylic acids is 1. The van der Waals surface area contributed by atoms with Crippen LogP contribution in [-0.2, 0) is 4.79 Å². The topological polar surface area (TPSA) is 123 Å². The lowest BCUT2D eigenvalue weighted by molar-refractivity contribution is -0.113. The van der Waals surface area contributed by atoms with Crippen molar-refractivity contribution in [3.63, 3.8) is 0 Å². The van der Waals surface area contributed by atoms with Crippen molar-refractivity contribution in [2.75, 3.05) is 24.9 Å².